The summed E-state index contributed by atoms with van der Waals surface area (Å²) in [7, 11) is 0. The molecule has 1 fully saturated rings. The number of nitrogens with zero attached hydrogens (tertiary/aromatic N) is 3. The number of amides is 1. The molecule has 2 aliphatic heterocycles. The molecular formula is C26H28FN3O. The molecule has 0 N–H and O–H groups in total. The number of piperidine rings is 1. The van der Waals surface area contributed by atoms with Gasteiger partial charge in [-0.1, -0.05) is 42.5 Å². The third-order valence-electron chi connectivity index (χ3n) is 6.59. The van der Waals surface area contributed by atoms with Crippen LogP contribution in [0.3, 0.4) is 0 Å². The fourth-order valence-corrected chi connectivity index (χ4v) is 5.14. The third-order valence-corrected chi connectivity index (χ3v) is 6.59. The summed E-state index contributed by atoms with van der Waals surface area (Å²) in [6, 6.07) is 21.3. The van der Waals surface area contributed by atoms with E-state index in [1.807, 2.05) is 24.3 Å². The van der Waals surface area contributed by atoms with E-state index in [0.29, 0.717) is 6.54 Å². The number of hydrogen-bond donors (Lipinski definition) is 0. The highest BCUT2D eigenvalue weighted by atomic mass is 19.1. The summed E-state index contributed by atoms with van der Waals surface area (Å²) >= 11 is 0. The summed E-state index contributed by atoms with van der Waals surface area (Å²) < 4.78 is 15.8. The Morgan fingerprint density at radius 2 is 1.84 bits per heavy atom. The number of carbonyl (C=O) groups excluding carboxylic acids is 1. The van der Waals surface area contributed by atoms with Crippen LogP contribution in [-0.4, -0.2) is 39.9 Å². The van der Waals surface area contributed by atoms with Gasteiger partial charge in [0.2, 0.25) is 5.91 Å². The second-order valence-corrected chi connectivity index (χ2v) is 8.68. The Kier molecular flexibility index (Phi) is 5.60. The Labute approximate surface area is 182 Å². The van der Waals surface area contributed by atoms with Gasteiger partial charge in [0.15, 0.2) is 0 Å². The van der Waals surface area contributed by atoms with Gasteiger partial charge in [0.05, 0.1) is 12.0 Å². The summed E-state index contributed by atoms with van der Waals surface area (Å²) in [6.45, 7) is 3.92. The maximum Gasteiger partial charge on any atom is 0.227 e. The lowest BCUT2D eigenvalue weighted by Gasteiger charge is -2.41. The van der Waals surface area contributed by atoms with E-state index < -0.39 is 0 Å². The van der Waals surface area contributed by atoms with Crippen molar-refractivity contribution in [1.29, 1.82) is 0 Å². The standard InChI is InChI=1S/C26H28FN3O/c27-23-11-4-7-20(17-23)18-28-13-5-10-22(19-28)26(31)30-16-15-29-14-6-12-24(29)25(30)21-8-2-1-3-9-21/h1-4,6-9,11-12,14,17,22,25H,5,10,13,15-16,18-19H2. The second kappa shape index (κ2) is 8.67. The lowest BCUT2D eigenvalue weighted by atomic mass is 9.93. The van der Waals surface area contributed by atoms with Crippen LogP contribution in [-0.2, 0) is 17.9 Å². The molecule has 5 heteroatoms. The first-order valence-electron chi connectivity index (χ1n) is 11.2. The molecule has 0 aliphatic carbocycles. The molecule has 1 amide bonds. The van der Waals surface area contributed by atoms with Crippen LogP contribution in [0.25, 0.3) is 0 Å². The first kappa shape index (κ1) is 20.0. The number of hydrogen-bond acceptors (Lipinski definition) is 2. The predicted molar refractivity (Wildman–Crippen MR) is 119 cm³/mol. The monoisotopic (exact) mass is 417 g/mol. The van der Waals surface area contributed by atoms with E-state index in [0.717, 1.165) is 50.1 Å². The van der Waals surface area contributed by atoms with Crippen molar-refractivity contribution in [1.82, 2.24) is 14.4 Å². The zero-order valence-corrected chi connectivity index (χ0v) is 17.7. The van der Waals surface area contributed by atoms with Crippen molar-refractivity contribution in [2.24, 2.45) is 5.92 Å². The van der Waals surface area contributed by atoms with E-state index in [-0.39, 0.29) is 23.7 Å². The van der Waals surface area contributed by atoms with E-state index in [9.17, 15) is 9.18 Å². The van der Waals surface area contributed by atoms with Gasteiger partial charge in [0, 0.05) is 38.1 Å². The largest absolute Gasteiger partial charge is 0.348 e. The van der Waals surface area contributed by atoms with Gasteiger partial charge in [0.1, 0.15) is 5.82 Å². The second-order valence-electron chi connectivity index (χ2n) is 8.68. The molecule has 160 valence electrons. The van der Waals surface area contributed by atoms with Crippen LogP contribution in [0, 0.1) is 11.7 Å². The van der Waals surface area contributed by atoms with Crippen LogP contribution in [0.4, 0.5) is 4.39 Å². The highest BCUT2D eigenvalue weighted by Crippen LogP contribution is 2.34. The Morgan fingerprint density at radius 1 is 0.968 bits per heavy atom. The average molecular weight is 418 g/mol. The highest BCUT2D eigenvalue weighted by molar-refractivity contribution is 5.80. The SMILES string of the molecule is O=C(C1CCCN(Cc2cccc(F)c2)C1)N1CCn2cccc2C1c1ccccc1. The zero-order chi connectivity index (χ0) is 21.2. The predicted octanol–water partition coefficient (Wildman–Crippen LogP) is 4.47. The van der Waals surface area contributed by atoms with Crippen LogP contribution in [0.2, 0.25) is 0 Å². The molecular weight excluding hydrogens is 389 g/mol. The van der Waals surface area contributed by atoms with E-state index in [4.69, 9.17) is 0 Å². The third kappa shape index (κ3) is 4.15. The first-order valence-corrected chi connectivity index (χ1v) is 11.2. The van der Waals surface area contributed by atoms with Crippen LogP contribution in [0.15, 0.2) is 72.9 Å². The normalized spacial score (nSPS) is 21.6. The molecule has 2 aliphatic rings. The number of aromatic nitrogens is 1. The molecule has 4 nitrogen and oxygen atoms in total. The quantitative estimate of drug-likeness (QED) is 0.627. The van der Waals surface area contributed by atoms with Crippen molar-refractivity contribution in [3.63, 3.8) is 0 Å². The molecule has 3 aromatic rings. The Bertz CT molecular complexity index is 1050. The number of fused-ring (bicyclic) bond motifs is 1. The Hall–Kier alpha value is -2.92. The maximum atomic E-state index is 13.8. The van der Waals surface area contributed by atoms with Gasteiger partial charge < -0.3 is 9.47 Å². The Balaban J connectivity index is 1.36. The highest BCUT2D eigenvalue weighted by Gasteiger charge is 2.36. The van der Waals surface area contributed by atoms with Crippen molar-refractivity contribution in [3.8, 4) is 0 Å². The van der Waals surface area contributed by atoms with E-state index in [2.05, 4.69) is 44.8 Å². The number of halogens is 1. The Morgan fingerprint density at radius 3 is 2.68 bits per heavy atom. The van der Waals surface area contributed by atoms with E-state index >= 15 is 0 Å². The topological polar surface area (TPSA) is 28.5 Å². The van der Waals surface area contributed by atoms with Crippen molar-refractivity contribution < 1.29 is 9.18 Å². The smallest absolute Gasteiger partial charge is 0.227 e. The number of benzene rings is 2. The molecule has 1 saturated heterocycles. The molecule has 3 heterocycles. The average Bonchev–Trinajstić information content (AvgIpc) is 3.28. The van der Waals surface area contributed by atoms with Gasteiger partial charge in [-0.15, -0.1) is 0 Å². The van der Waals surface area contributed by atoms with Crippen LogP contribution in [0.5, 0.6) is 0 Å². The molecule has 31 heavy (non-hydrogen) atoms. The first-order chi connectivity index (χ1) is 15.2. The maximum absolute atomic E-state index is 13.8. The number of rotatable bonds is 4. The van der Waals surface area contributed by atoms with Gasteiger partial charge >= 0.3 is 0 Å². The summed E-state index contributed by atoms with van der Waals surface area (Å²) in [5.74, 6) is 0.0180. The van der Waals surface area contributed by atoms with Crippen LogP contribution in [0.1, 0.15) is 35.7 Å². The number of likely N-dealkylation sites (tertiary alicyclic amines) is 1. The van der Waals surface area contributed by atoms with Crippen LogP contribution < -0.4 is 0 Å². The van der Waals surface area contributed by atoms with Crippen LogP contribution >= 0.6 is 0 Å². The van der Waals surface area contributed by atoms with Crippen molar-refractivity contribution in [3.05, 3.63) is 95.6 Å². The van der Waals surface area contributed by atoms with Crippen molar-refractivity contribution in [2.45, 2.75) is 32.0 Å². The molecule has 0 spiro atoms. The molecule has 2 aromatic carbocycles. The fraction of sp³-hybridized carbons (Fsp3) is 0.346. The molecule has 5 rings (SSSR count). The van der Waals surface area contributed by atoms with Gasteiger partial charge in [-0.2, -0.15) is 0 Å². The van der Waals surface area contributed by atoms with Crippen molar-refractivity contribution in [2.75, 3.05) is 19.6 Å². The lowest BCUT2D eigenvalue weighted by molar-refractivity contribution is -0.140. The molecule has 2 atom stereocenters. The minimum Gasteiger partial charge on any atom is -0.348 e. The van der Waals surface area contributed by atoms with Gasteiger partial charge in [-0.05, 0) is 54.8 Å². The lowest BCUT2D eigenvalue weighted by Crippen LogP contribution is -2.49. The van der Waals surface area contributed by atoms with Gasteiger partial charge in [-0.25, -0.2) is 4.39 Å². The molecule has 2 unspecified atom stereocenters. The molecule has 0 bridgehead atoms. The fourth-order valence-electron chi connectivity index (χ4n) is 5.14. The minimum absolute atomic E-state index is 0.0185. The summed E-state index contributed by atoms with van der Waals surface area (Å²) in [6.07, 6.45) is 4.01. The van der Waals surface area contributed by atoms with E-state index in [1.54, 1.807) is 12.1 Å². The molecule has 1 aromatic heterocycles. The number of carbonyl (C=O) groups is 1. The van der Waals surface area contributed by atoms with Gasteiger partial charge in [-0.3, -0.25) is 9.69 Å². The molecule has 0 saturated carbocycles. The zero-order valence-electron chi connectivity index (χ0n) is 17.7. The van der Waals surface area contributed by atoms with Gasteiger partial charge in [0.25, 0.3) is 0 Å². The summed E-state index contributed by atoms with van der Waals surface area (Å²) in [4.78, 5) is 18.1. The summed E-state index contributed by atoms with van der Waals surface area (Å²) in [5.41, 5.74) is 3.30. The van der Waals surface area contributed by atoms with E-state index in [1.165, 1.54) is 11.8 Å². The van der Waals surface area contributed by atoms with Crippen molar-refractivity contribution >= 4 is 5.91 Å². The minimum atomic E-state index is -0.204. The molecule has 0 radical (unpaired) electrons. The summed E-state index contributed by atoms with van der Waals surface area (Å²) in [5, 5.41) is 0.